The molecule has 136 valence electrons. The summed E-state index contributed by atoms with van der Waals surface area (Å²) in [5, 5.41) is 4.83. The second-order valence-electron chi connectivity index (χ2n) is 7.33. The summed E-state index contributed by atoms with van der Waals surface area (Å²) in [6.45, 7) is 0. The van der Waals surface area contributed by atoms with Crippen LogP contribution in [0.5, 0.6) is 0 Å². The van der Waals surface area contributed by atoms with Gasteiger partial charge in [-0.3, -0.25) is 0 Å². The highest BCUT2D eigenvalue weighted by Crippen LogP contribution is 2.47. The van der Waals surface area contributed by atoms with Crippen molar-refractivity contribution in [3.8, 4) is 22.3 Å². The predicted octanol–water partition coefficient (Wildman–Crippen LogP) is 8.07. The highest BCUT2D eigenvalue weighted by molar-refractivity contribution is 6.27. The fourth-order valence-electron chi connectivity index (χ4n) is 4.44. The molecule has 0 aliphatic carbocycles. The second kappa shape index (κ2) is 6.35. The van der Waals surface area contributed by atoms with E-state index in [4.69, 9.17) is 4.42 Å². The van der Waals surface area contributed by atoms with Crippen molar-refractivity contribution in [2.24, 2.45) is 0 Å². The molecular weight excluding hydrogens is 352 g/mol. The van der Waals surface area contributed by atoms with Gasteiger partial charge in [0.2, 0.25) is 0 Å². The van der Waals surface area contributed by atoms with Crippen molar-refractivity contribution >= 4 is 32.7 Å². The Labute approximate surface area is 168 Å². The Morgan fingerprint density at radius 1 is 0.414 bits per heavy atom. The van der Waals surface area contributed by atoms with E-state index in [-0.39, 0.29) is 0 Å². The van der Waals surface area contributed by atoms with Gasteiger partial charge in [-0.25, -0.2) is 0 Å². The molecule has 0 N–H and O–H groups in total. The summed E-state index contributed by atoms with van der Waals surface area (Å²) < 4.78 is 6.51. The Hall–Kier alpha value is -3.84. The molecule has 0 aliphatic heterocycles. The highest BCUT2D eigenvalue weighted by atomic mass is 16.3. The number of fused-ring (bicyclic) bond motifs is 5. The lowest BCUT2D eigenvalue weighted by molar-refractivity contribution is 0.670. The van der Waals surface area contributed by atoms with Crippen LogP contribution < -0.4 is 0 Å². The van der Waals surface area contributed by atoms with Gasteiger partial charge in [-0.2, -0.15) is 0 Å². The third-order valence-electron chi connectivity index (χ3n) is 5.66. The average molecular weight is 370 g/mol. The van der Waals surface area contributed by atoms with E-state index in [1.165, 1.54) is 32.8 Å². The van der Waals surface area contributed by atoms with E-state index in [0.717, 1.165) is 22.1 Å². The Morgan fingerprint density at radius 2 is 0.931 bits per heavy atom. The standard InChI is InChI=1S/C28H18O/c1-3-11-19(12-4-1)25-21-15-7-8-16-22(21)27-23-17-9-10-18-24(23)29-28(27)26(25)20-13-5-2-6-14-20/h1-18H. The number of furan rings is 1. The van der Waals surface area contributed by atoms with E-state index < -0.39 is 0 Å². The minimum atomic E-state index is 0.926. The normalized spacial score (nSPS) is 11.4. The van der Waals surface area contributed by atoms with E-state index in [0.29, 0.717) is 0 Å². The molecule has 1 aromatic heterocycles. The molecule has 0 radical (unpaired) electrons. The quantitative estimate of drug-likeness (QED) is 0.300. The lowest BCUT2D eigenvalue weighted by atomic mass is 9.87. The van der Waals surface area contributed by atoms with Gasteiger partial charge in [-0.1, -0.05) is 103 Å². The first-order chi connectivity index (χ1) is 14.4. The van der Waals surface area contributed by atoms with Gasteiger partial charge in [-0.05, 0) is 28.0 Å². The van der Waals surface area contributed by atoms with Gasteiger partial charge in [0.05, 0.1) is 0 Å². The Bertz CT molecular complexity index is 1480. The molecule has 6 aromatic rings. The summed E-state index contributed by atoms with van der Waals surface area (Å²) in [4.78, 5) is 0. The van der Waals surface area contributed by atoms with Gasteiger partial charge in [0.25, 0.3) is 0 Å². The van der Waals surface area contributed by atoms with Crippen LogP contribution in [0, 0.1) is 0 Å². The van der Waals surface area contributed by atoms with Gasteiger partial charge in [0.15, 0.2) is 0 Å². The van der Waals surface area contributed by atoms with Crippen LogP contribution >= 0.6 is 0 Å². The zero-order valence-corrected chi connectivity index (χ0v) is 15.8. The van der Waals surface area contributed by atoms with Gasteiger partial charge in [0, 0.05) is 21.9 Å². The molecule has 0 saturated heterocycles. The first kappa shape index (κ1) is 16.1. The van der Waals surface area contributed by atoms with Crippen LogP contribution in [0.1, 0.15) is 0 Å². The van der Waals surface area contributed by atoms with Crippen LogP contribution in [0.2, 0.25) is 0 Å². The van der Waals surface area contributed by atoms with Crippen LogP contribution in [0.15, 0.2) is 114 Å². The second-order valence-corrected chi connectivity index (χ2v) is 7.33. The van der Waals surface area contributed by atoms with Crippen LogP contribution in [-0.4, -0.2) is 0 Å². The topological polar surface area (TPSA) is 13.1 Å². The van der Waals surface area contributed by atoms with Crippen LogP contribution in [-0.2, 0) is 0 Å². The van der Waals surface area contributed by atoms with Crippen molar-refractivity contribution < 1.29 is 4.42 Å². The molecule has 0 atom stereocenters. The number of benzene rings is 5. The number of para-hydroxylation sites is 1. The maximum atomic E-state index is 6.51. The zero-order chi connectivity index (χ0) is 19.2. The first-order valence-corrected chi connectivity index (χ1v) is 9.88. The minimum Gasteiger partial charge on any atom is -0.455 e. The van der Waals surface area contributed by atoms with Gasteiger partial charge < -0.3 is 4.42 Å². The van der Waals surface area contributed by atoms with Crippen molar-refractivity contribution in [2.45, 2.75) is 0 Å². The molecule has 1 heteroatoms. The molecular formula is C28H18O. The van der Waals surface area contributed by atoms with Crippen molar-refractivity contribution in [1.29, 1.82) is 0 Å². The van der Waals surface area contributed by atoms with Gasteiger partial charge in [0.1, 0.15) is 11.2 Å². The number of hydrogen-bond acceptors (Lipinski definition) is 1. The number of hydrogen-bond donors (Lipinski definition) is 0. The molecule has 6 rings (SSSR count). The third kappa shape index (κ3) is 2.41. The molecule has 0 aliphatic rings. The Balaban J connectivity index is 1.93. The minimum absolute atomic E-state index is 0.926. The number of rotatable bonds is 2. The summed E-state index contributed by atoms with van der Waals surface area (Å²) >= 11 is 0. The molecule has 0 bridgehead atoms. The average Bonchev–Trinajstić information content (AvgIpc) is 3.19. The van der Waals surface area contributed by atoms with E-state index in [1.807, 2.05) is 6.07 Å². The molecule has 29 heavy (non-hydrogen) atoms. The zero-order valence-electron chi connectivity index (χ0n) is 15.8. The summed E-state index contributed by atoms with van der Waals surface area (Å²) in [5.74, 6) is 0. The van der Waals surface area contributed by atoms with Crippen molar-refractivity contribution in [1.82, 2.24) is 0 Å². The van der Waals surface area contributed by atoms with Crippen molar-refractivity contribution in [3.05, 3.63) is 109 Å². The fourth-order valence-corrected chi connectivity index (χ4v) is 4.44. The fraction of sp³-hybridized carbons (Fsp3) is 0. The lowest BCUT2D eigenvalue weighted by Gasteiger charge is -2.15. The van der Waals surface area contributed by atoms with Gasteiger partial charge in [-0.15, -0.1) is 0 Å². The van der Waals surface area contributed by atoms with Gasteiger partial charge >= 0.3 is 0 Å². The summed E-state index contributed by atoms with van der Waals surface area (Å²) in [5.41, 5.74) is 6.62. The molecule has 0 saturated carbocycles. The van der Waals surface area contributed by atoms with Crippen LogP contribution in [0.25, 0.3) is 55.0 Å². The van der Waals surface area contributed by atoms with Crippen LogP contribution in [0.3, 0.4) is 0 Å². The van der Waals surface area contributed by atoms with E-state index >= 15 is 0 Å². The summed E-state index contributed by atoms with van der Waals surface area (Å²) in [6, 6.07) is 38.2. The SMILES string of the molecule is c1ccc(-c2c(-c3ccccc3)c3oc4ccccc4c3c3ccccc23)cc1. The summed E-state index contributed by atoms with van der Waals surface area (Å²) in [7, 11) is 0. The molecule has 0 fully saturated rings. The van der Waals surface area contributed by atoms with Crippen molar-refractivity contribution in [2.75, 3.05) is 0 Å². The molecule has 1 nitrogen and oxygen atoms in total. The Kier molecular flexibility index (Phi) is 3.54. The molecule has 0 unspecified atom stereocenters. The monoisotopic (exact) mass is 370 g/mol. The molecule has 0 spiro atoms. The van der Waals surface area contributed by atoms with Crippen LogP contribution in [0.4, 0.5) is 0 Å². The first-order valence-electron chi connectivity index (χ1n) is 9.88. The lowest BCUT2D eigenvalue weighted by Crippen LogP contribution is -1.89. The Morgan fingerprint density at radius 3 is 1.62 bits per heavy atom. The van der Waals surface area contributed by atoms with Crippen molar-refractivity contribution in [3.63, 3.8) is 0 Å². The molecule has 0 amide bonds. The molecule has 1 heterocycles. The molecule has 5 aromatic carbocycles. The van der Waals surface area contributed by atoms with E-state index in [2.05, 4.69) is 103 Å². The third-order valence-corrected chi connectivity index (χ3v) is 5.66. The maximum Gasteiger partial charge on any atom is 0.144 e. The van der Waals surface area contributed by atoms with E-state index in [1.54, 1.807) is 0 Å². The predicted molar refractivity (Wildman–Crippen MR) is 122 cm³/mol. The highest BCUT2D eigenvalue weighted by Gasteiger charge is 2.21. The summed E-state index contributed by atoms with van der Waals surface area (Å²) in [6.07, 6.45) is 0. The smallest absolute Gasteiger partial charge is 0.144 e. The largest absolute Gasteiger partial charge is 0.455 e. The maximum absolute atomic E-state index is 6.51. The van der Waals surface area contributed by atoms with E-state index in [9.17, 15) is 0 Å².